The molecule has 3 rings (SSSR count). The van der Waals surface area contributed by atoms with Crippen LogP contribution in [0.25, 0.3) is 0 Å². The van der Waals surface area contributed by atoms with Gasteiger partial charge in [0.05, 0.1) is 18.2 Å². The van der Waals surface area contributed by atoms with E-state index in [1.807, 2.05) is 42.5 Å². The zero-order chi connectivity index (χ0) is 15.2. The molecular formula is C16H13N5O. The van der Waals surface area contributed by atoms with Crippen LogP contribution >= 0.6 is 0 Å². The Balaban J connectivity index is 1.68. The zero-order valence-electron chi connectivity index (χ0n) is 11.8. The second kappa shape index (κ2) is 6.50. The maximum absolute atomic E-state index is 8.80. The van der Waals surface area contributed by atoms with Gasteiger partial charge in [-0.15, -0.1) is 5.10 Å². The first-order valence-corrected chi connectivity index (χ1v) is 6.77. The van der Waals surface area contributed by atoms with Crippen LogP contribution in [0.5, 0.6) is 5.75 Å². The second-order valence-electron chi connectivity index (χ2n) is 4.66. The molecule has 22 heavy (non-hydrogen) atoms. The van der Waals surface area contributed by atoms with Crippen LogP contribution in [-0.4, -0.2) is 20.2 Å². The fourth-order valence-electron chi connectivity index (χ4n) is 1.97. The van der Waals surface area contributed by atoms with Crippen LogP contribution in [0.15, 0.2) is 54.6 Å². The number of hydrogen-bond acceptors (Lipinski definition) is 5. The van der Waals surface area contributed by atoms with Gasteiger partial charge in [-0.3, -0.25) is 0 Å². The van der Waals surface area contributed by atoms with Gasteiger partial charge < -0.3 is 4.74 Å². The van der Waals surface area contributed by atoms with E-state index in [9.17, 15) is 0 Å². The molecule has 0 fully saturated rings. The first-order chi connectivity index (χ1) is 10.8. The Morgan fingerprint density at radius 1 is 1.05 bits per heavy atom. The average Bonchev–Trinajstić information content (AvgIpc) is 3.02. The Hall–Kier alpha value is -3.20. The number of hydrogen-bond donors (Lipinski definition) is 0. The molecule has 0 unspecified atom stereocenters. The topological polar surface area (TPSA) is 76.6 Å². The van der Waals surface area contributed by atoms with Crippen molar-refractivity contribution in [1.29, 1.82) is 5.26 Å². The molecule has 0 radical (unpaired) electrons. The molecule has 0 saturated carbocycles. The van der Waals surface area contributed by atoms with Gasteiger partial charge in [0.2, 0.25) is 0 Å². The molecule has 1 aromatic heterocycles. The average molecular weight is 291 g/mol. The van der Waals surface area contributed by atoms with Gasteiger partial charge in [0.1, 0.15) is 12.4 Å². The molecular weight excluding hydrogens is 278 g/mol. The first-order valence-electron chi connectivity index (χ1n) is 6.77. The Kier molecular flexibility index (Phi) is 4.07. The largest absolute Gasteiger partial charge is 0.486 e. The Labute approximate surface area is 127 Å². The van der Waals surface area contributed by atoms with E-state index in [1.54, 1.807) is 16.8 Å². The Morgan fingerprint density at radius 2 is 1.82 bits per heavy atom. The quantitative estimate of drug-likeness (QED) is 0.720. The fourth-order valence-corrected chi connectivity index (χ4v) is 1.97. The summed E-state index contributed by atoms with van der Waals surface area (Å²) in [5.41, 5.74) is 1.65. The predicted molar refractivity (Wildman–Crippen MR) is 78.9 cm³/mol. The van der Waals surface area contributed by atoms with E-state index in [2.05, 4.69) is 21.6 Å². The van der Waals surface area contributed by atoms with E-state index >= 15 is 0 Å². The lowest BCUT2D eigenvalue weighted by molar-refractivity contribution is 0.288. The summed E-state index contributed by atoms with van der Waals surface area (Å²) in [6.07, 6.45) is 0. The van der Waals surface area contributed by atoms with Crippen molar-refractivity contribution in [3.63, 3.8) is 0 Å². The lowest BCUT2D eigenvalue weighted by Gasteiger charge is -2.07. The molecule has 0 atom stereocenters. The molecule has 0 aliphatic rings. The van der Waals surface area contributed by atoms with E-state index in [4.69, 9.17) is 10.00 Å². The molecule has 6 heteroatoms. The highest BCUT2D eigenvalue weighted by Crippen LogP contribution is 2.11. The number of ether oxygens (including phenoxy) is 1. The van der Waals surface area contributed by atoms with Crippen molar-refractivity contribution < 1.29 is 4.74 Å². The predicted octanol–water partition coefficient (Wildman–Crippen LogP) is 2.17. The molecule has 0 amide bonds. The summed E-state index contributed by atoms with van der Waals surface area (Å²) >= 11 is 0. The van der Waals surface area contributed by atoms with Crippen molar-refractivity contribution in [3.05, 3.63) is 71.5 Å². The summed E-state index contributed by atoms with van der Waals surface area (Å²) in [5, 5.41) is 20.5. The number of benzene rings is 2. The third-order valence-corrected chi connectivity index (χ3v) is 3.13. The van der Waals surface area contributed by atoms with Crippen LogP contribution in [-0.2, 0) is 13.2 Å². The number of tetrazole rings is 1. The monoisotopic (exact) mass is 291 g/mol. The highest BCUT2D eigenvalue weighted by molar-refractivity contribution is 5.31. The summed E-state index contributed by atoms with van der Waals surface area (Å²) in [6, 6.07) is 19.0. The van der Waals surface area contributed by atoms with Crippen LogP contribution < -0.4 is 4.74 Å². The third-order valence-electron chi connectivity index (χ3n) is 3.13. The maximum Gasteiger partial charge on any atom is 0.189 e. The van der Waals surface area contributed by atoms with Crippen molar-refractivity contribution in [1.82, 2.24) is 20.2 Å². The third kappa shape index (κ3) is 3.27. The lowest BCUT2D eigenvalue weighted by atomic mass is 10.1. The van der Waals surface area contributed by atoms with Gasteiger partial charge in [-0.25, -0.2) is 4.68 Å². The zero-order valence-corrected chi connectivity index (χ0v) is 11.8. The Morgan fingerprint density at radius 3 is 2.55 bits per heavy atom. The summed E-state index contributed by atoms with van der Waals surface area (Å²) in [7, 11) is 0. The van der Waals surface area contributed by atoms with Crippen LogP contribution in [0.4, 0.5) is 0 Å². The normalized spacial score (nSPS) is 10.1. The summed E-state index contributed by atoms with van der Waals surface area (Å²) in [6.45, 7) is 0.833. The molecule has 0 aliphatic carbocycles. The van der Waals surface area contributed by atoms with Gasteiger partial charge in [0, 0.05) is 0 Å². The Bertz CT molecular complexity index is 774. The van der Waals surface area contributed by atoms with E-state index in [-0.39, 0.29) is 0 Å². The molecule has 0 bridgehead atoms. The van der Waals surface area contributed by atoms with Gasteiger partial charge in [-0.05, 0) is 40.3 Å². The number of aromatic nitrogens is 4. The molecule has 1 heterocycles. The van der Waals surface area contributed by atoms with Crippen molar-refractivity contribution in [2.45, 2.75) is 13.2 Å². The number of rotatable bonds is 5. The van der Waals surface area contributed by atoms with Crippen molar-refractivity contribution in [3.8, 4) is 11.8 Å². The highest BCUT2D eigenvalue weighted by atomic mass is 16.5. The van der Waals surface area contributed by atoms with Crippen molar-refractivity contribution in [2.75, 3.05) is 0 Å². The highest BCUT2D eigenvalue weighted by Gasteiger charge is 2.07. The van der Waals surface area contributed by atoms with Gasteiger partial charge >= 0.3 is 0 Å². The molecule has 0 saturated heterocycles. The molecule has 0 spiro atoms. The van der Waals surface area contributed by atoms with Crippen LogP contribution in [0.1, 0.15) is 17.0 Å². The van der Waals surface area contributed by atoms with Crippen LogP contribution in [0, 0.1) is 11.3 Å². The summed E-state index contributed by atoms with van der Waals surface area (Å²) in [5.74, 6) is 1.42. The number of nitrogens with zero attached hydrogens (tertiary/aromatic N) is 5. The SMILES string of the molecule is N#Cc1ccc(Cn2nnnc2COc2ccccc2)cc1. The minimum atomic E-state index is 0.299. The number of nitriles is 1. The standard InChI is InChI=1S/C16H13N5O/c17-10-13-6-8-14(9-7-13)11-21-16(18-19-20-21)12-22-15-4-2-1-3-5-15/h1-9H,11-12H2. The minimum Gasteiger partial charge on any atom is -0.486 e. The maximum atomic E-state index is 8.80. The molecule has 0 aliphatic heterocycles. The van der Waals surface area contributed by atoms with Gasteiger partial charge in [0.15, 0.2) is 5.82 Å². The van der Waals surface area contributed by atoms with Crippen molar-refractivity contribution in [2.24, 2.45) is 0 Å². The molecule has 2 aromatic carbocycles. The smallest absolute Gasteiger partial charge is 0.189 e. The fraction of sp³-hybridized carbons (Fsp3) is 0.125. The lowest BCUT2D eigenvalue weighted by Crippen LogP contribution is -2.09. The van der Waals surface area contributed by atoms with E-state index in [0.717, 1.165) is 11.3 Å². The van der Waals surface area contributed by atoms with Crippen LogP contribution in [0.2, 0.25) is 0 Å². The summed E-state index contributed by atoms with van der Waals surface area (Å²) < 4.78 is 7.34. The first kappa shape index (κ1) is 13.8. The molecule has 6 nitrogen and oxygen atoms in total. The van der Waals surface area contributed by atoms with E-state index in [0.29, 0.717) is 24.5 Å². The van der Waals surface area contributed by atoms with E-state index in [1.165, 1.54) is 0 Å². The van der Waals surface area contributed by atoms with Gasteiger partial charge in [-0.1, -0.05) is 30.3 Å². The van der Waals surface area contributed by atoms with Crippen LogP contribution in [0.3, 0.4) is 0 Å². The van der Waals surface area contributed by atoms with Gasteiger partial charge in [0.25, 0.3) is 0 Å². The number of para-hydroxylation sites is 1. The minimum absolute atomic E-state index is 0.299. The van der Waals surface area contributed by atoms with E-state index < -0.39 is 0 Å². The van der Waals surface area contributed by atoms with Crippen molar-refractivity contribution >= 4 is 0 Å². The molecule has 108 valence electrons. The summed E-state index contributed by atoms with van der Waals surface area (Å²) in [4.78, 5) is 0. The molecule has 0 N–H and O–H groups in total. The van der Waals surface area contributed by atoms with Gasteiger partial charge in [-0.2, -0.15) is 5.26 Å². The molecule has 3 aromatic rings. The second-order valence-corrected chi connectivity index (χ2v) is 4.66.